The number of carbonyl (C=O) groups is 1. The van der Waals surface area contributed by atoms with E-state index in [-0.39, 0.29) is 24.5 Å². The molecule has 0 unspecified atom stereocenters. The Hall–Kier alpha value is -1.46. The van der Waals surface area contributed by atoms with Gasteiger partial charge in [-0.1, -0.05) is 24.4 Å². The van der Waals surface area contributed by atoms with Crippen LogP contribution in [0.4, 0.5) is 4.79 Å². The summed E-state index contributed by atoms with van der Waals surface area (Å²) < 4.78 is 0. The summed E-state index contributed by atoms with van der Waals surface area (Å²) in [7, 11) is 0. The highest BCUT2D eigenvalue weighted by molar-refractivity contribution is 5.86. The van der Waals surface area contributed by atoms with Crippen molar-refractivity contribution in [3.05, 3.63) is 0 Å². The van der Waals surface area contributed by atoms with Gasteiger partial charge in [-0.2, -0.15) is 0 Å². The minimum atomic E-state index is -0.256. The summed E-state index contributed by atoms with van der Waals surface area (Å²) in [6.45, 7) is 0.0645. The maximum Gasteiger partial charge on any atom is 0.315 e. The SMILES string of the molecule is N/C(CNC(=O)NC1CCCCC1)=N/O. The fourth-order valence-electron chi connectivity index (χ4n) is 1.69. The molecule has 0 aromatic heterocycles. The van der Waals surface area contributed by atoms with Crippen LogP contribution >= 0.6 is 0 Å². The van der Waals surface area contributed by atoms with Crippen molar-refractivity contribution in [1.29, 1.82) is 0 Å². The number of amidine groups is 1. The topological polar surface area (TPSA) is 99.7 Å². The van der Waals surface area contributed by atoms with Gasteiger partial charge in [-0.05, 0) is 12.8 Å². The maximum absolute atomic E-state index is 11.3. The molecule has 1 fully saturated rings. The Morgan fingerprint density at radius 2 is 2.07 bits per heavy atom. The second-order valence-corrected chi connectivity index (χ2v) is 3.75. The van der Waals surface area contributed by atoms with Crippen molar-refractivity contribution in [3.63, 3.8) is 0 Å². The molecular formula is C9H18N4O2. The Bertz CT molecular complexity index is 236. The van der Waals surface area contributed by atoms with E-state index in [1.54, 1.807) is 0 Å². The molecule has 5 N–H and O–H groups in total. The Morgan fingerprint density at radius 1 is 1.40 bits per heavy atom. The molecule has 1 aliphatic carbocycles. The van der Waals surface area contributed by atoms with Crippen LogP contribution in [0.5, 0.6) is 0 Å². The van der Waals surface area contributed by atoms with E-state index in [0.717, 1.165) is 12.8 Å². The van der Waals surface area contributed by atoms with Gasteiger partial charge >= 0.3 is 6.03 Å². The summed E-state index contributed by atoms with van der Waals surface area (Å²) in [6.07, 6.45) is 5.67. The number of carbonyl (C=O) groups excluding carboxylic acids is 1. The number of nitrogens with one attached hydrogen (secondary N) is 2. The third kappa shape index (κ3) is 4.53. The zero-order valence-electron chi connectivity index (χ0n) is 8.70. The van der Waals surface area contributed by atoms with Gasteiger partial charge in [0.05, 0.1) is 6.54 Å². The van der Waals surface area contributed by atoms with Gasteiger partial charge in [0.2, 0.25) is 0 Å². The van der Waals surface area contributed by atoms with Gasteiger partial charge in [-0.3, -0.25) is 0 Å². The quantitative estimate of drug-likeness (QED) is 0.236. The second-order valence-electron chi connectivity index (χ2n) is 3.75. The number of hydrogen-bond donors (Lipinski definition) is 4. The highest BCUT2D eigenvalue weighted by Crippen LogP contribution is 2.16. The molecule has 2 amide bonds. The molecule has 1 aliphatic rings. The standard InChI is InChI=1S/C9H18N4O2/c10-8(13-15)6-11-9(14)12-7-4-2-1-3-5-7/h7,15H,1-6H2,(H2,10,13)(H2,11,12,14). The van der Waals surface area contributed by atoms with Crippen LogP contribution in [0.2, 0.25) is 0 Å². The average molecular weight is 214 g/mol. The van der Waals surface area contributed by atoms with Crippen molar-refractivity contribution >= 4 is 11.9 Å². The maximum atomic E-state index is 11.3. The van der Waals surface area contributed by atoms with Gasteiger partial charge in [0.15, 0.2) is 5.84 Å². The summed E-state index contributed by atoms with van der Waals surface area (Å²) in [5.74, 6) is -0.00575. The Morgan fingerprint density at radius 3 is 2.67 bits per heavy atom. The van der Waals surface area contributed by atoms with Crippen LogP contribution in [0.1, 0.15) is 32.1 Å². The van der Waals surface area contributed by atoms with E-state index in [2.05, 4.69) is 15.8 Å². The molecular weight excluding hydrogens is 196 g/mol. The van der Waals surface area contributed by atoms with E-state index < -0.39 is 0 Å². The van der Waals surface area contributed by atoms with E-state index in [0.29, 0.717) is 0 Å². The van der Waals surface area contributed by atoms with Crippen molar-refractivity contribution in [1.82, 2.24) is 10.6 Å². The summed E-state index contributed by atoms with van der Waals surface area (Å²) in [5, 5.41) is 16.4. The van der Waals surface area contributed by atoms with Crippen molar-refractivity contribution < 1.29 is 10.0 Å². The van der Waals surface area contributed by atoms with Gasteiger partial charge in [-0.15, -0.1) is 0 Å². The fraction of sp³-hybridized carbons (Fsp3) is 0.778. The molecule has 86 valence electrons. The number of rotatable bonds is 3. The van der Waals surface area contributed by atoms with E-state index in [4.69, 9.17) is 10.9 Å². The molecule has 0 radical (unpaired) electrons. The van der Waals surface area contributed by atoms with Crippen LogP contribution in [0, 0.1) is 0 Å². The van der Waals surface area contributed by atoms with Crippen LogP contribution < -0.4 is 16.4 Å². The number of urea groups is 1. The van der Waals surface area contributed by atoms with Gasteiger partial charge < -0.3 is 21.6 Å². The molecule has 0 atom stereocenters. The number of nitrogens with two attached hydrogens (primary N) is 1. The monoisotopic (exact) mass is 214 g/mol. The van der Waals surface area contributed by atoms with Gasteiger partial charge in [-0.25, -0.2) is 4.79 Å². The Balaban J connectivity index is 2.17. The first kappa shape index (κ1) is 11.6. The molecule has 0 spiro atoms. The van der Waals surface area contributed by atoms with Gasteiger partial charge in [0.25, 0.3) is 0 Å². The molecule has 0 aliphatic heterocycles. The van der Waals surface area contributed by atoms with Crippen LogP contribution in [-0.2, 0) is 0 Å². The molecule has 0 saturated heterocycles. The highest BCUT2D eigenvalue weighted by Gasteiger charge is 2.15. The van der Waals surface area contributed by atoms with Crippen molar-refractivity contribution in [2.45, 2.75) is 38.1 Å². The minimum Gasteiger partial charge on any atom is -0.409 e. The molecule has 1 rings (SSSR count). The fourth-order valence-corrected chi connectivity index (χ4v) is 1.69. The molecule has 6 heteroatoms. The lowest BCUT2D eigenvalue weighted by atomic mass is 9.96. The van der Waals surface area contributed by atoms with Crippen LogP contribution in [0.15, 0.2) is 5.16 Å². The summed E-state index contributed by atoms with van der Waals surface area (Å²) in [4.78, 5) is 11.3. The minimum absolute atomic E-state index is 0.00575. The van der Waals surface area contributed by atoms with Crippen LogP contribution in [0.25, 0.3) is 0 Å². The predicted octanol–water partition coefficient (Wildman–Crippen LogP) is 0.365. The number of oxime groups is 1. The Labute approximate surface area is 88.9 Å². The lowest BCUT2D eigenvalue weighted by molar-refractivity contribution is 0.234. The van der Waals surface area contributed by atoms with Crippen LogP contribution in [0.3, 0.4) is 0 Å². The zero-order chi connectivity index (χ0) is 11.1. The van der Waals surface area contributed by atoms with E-state index in [9.17, 15) is 4.79 Å². The normalized spacial score (nSPS) is 18.5. The second kappa shape index (κ2) is 6.10. The molecule has 0 aromatic carbocycles. The first-order chi connectivity index (χ1) is 7.22. The molecule has 0 aromatic rings. The van der Waals surface area contributed by atoms with E-state index >= 15 is 0 Å². The van der Waals surface area contributed by atoms with Crippen molar-refractivity contribution in [2.24, 2.45) is 10.9 Å². The smallest absolute Gasteiger partial charge is 0.315 e. The lowest BCUT2D eigenvalue weighted by Gasteiger charge is -2.22. The van der Waals surface area contributed by atoms with E-state index in [1.165, 1.54) is 19.3 Å². The predicted molar refractivity (Wildman–Crippen MR) is 56.8 cm³/mol. The van der Waals surface area contributed by atoms with E-state index in [1.807, 2.05) is 0 Å². The molecule has 15 heavy (non-hydrogen) atoms. The first-order valence-corrected chi connectivity index (χ1v) is 5.23. The molecule has 6 nitrogen and oxygen atoms in total. The van der Waals surface area contributed by atoms with Crippen molar-refractivity contribution in [3.8, 4) is 0 Å². The molecule has 1 saturated carbocycles. The molecule has 0 heterocycles. The van der Waals surface area contributed by atoms with Crippen LogP contribution in [-0.4, -0.2) is 29.7 Å². The number of nitrogens with zero attached hydrogens (tertiary/aromatic N) is 1. The molecule has 0 bridgehead atoms. The third-order valence-corrected chi connectivity index (χ3v) is 2.50. The van der Waals surface area contributed by atoms with Gasteiger partial charge in [0.1, 0.15) is 0 Å². The third-order valence-electron chi connectivity index (χ3n) is 2.50. The van der Waals surface area contributed by atoms with Gasteiger partial charge in [0, 0.05) is 6.04 Å². The summed E-state index contributed by atoms with van der Waals surface area (Å²) in [6, 6.07) is 0.0135. The first-order valence-electron chi connectivity index (χ1n) is 5.23. The lowest BCUT2D eigenvalue weighted by Crippen LogP contribution is -2.45. The summed E-state index contributed by atoms with van der Waals surface area (Å²) in [5.41, 5.74) is 5.21. The summed E-state index contributed by atoms with van der Waals surface area (Å²) >= 11 is 0. The average Bonchev–Trinajstić information content (AvgIpc) is 2.27. The number of amides is 2. The number of hydrogen-bond acceptors (Lipinski definition) is 3. The zero-order valence-corrected chi connectivity index (χ0v) is 8.70. The van der Waals surface area contributed by atoms with Crippen molar-refractivity contribution in [2.75, 3.05) is 6.54 Å². The largest absolute Gasteiger partial charge is 0.409 e. The Kier molecular flexibility index (Phi) is 4.73. The highest BCUT2D eigenvalue weighted by atomic mass is 16.4.